The summed E-state index contributed by atoms with van der Waals surface area (Å²) in [6.45, 7) is 16.3. The van der Waals surface area contributed by atoms with E-state index in [-0.39, 0.29) is 12.4 Å². The quantitative estimate of drug-likeness (QED) is 0.0627. The molecule has 0 radical (unpaired) electrons. The van der Waals surface area contributed by atoms with Crippen molar-refractivity contribution in [1.82, 2.24) is 37.9 Å². The molecule has 0 unspecified atom stereocenters. The minimum Gasteiger partial charge on any atom is -0.508 e. The van der Waals surface area contributed by atoms with Crippen molar-refractivity contribution >= 4 is 46.2 Å². The van der Waals surface area contributed by atoms with Crippen LogP contribution in [0.15, 0.2) is 187 Å². The number of hydrogen-bond donors (Lipinski definition) is 1. The second-order valence-electron chi connectivity index (χ2n) is 21.6. The largest absolute Gasteiger partial charge is 0.508 e. The number of aldehydes is 1. The van der Waals surface area contributed by atoms with Crippen molar-refractivity contribution in [2.45, 2.75) is 77.0 Å². The highest BCUT2D eigenvalue weighted by Gasteiger charge is 2.13. The third kappa shape index (κ3) is 23.2. The first kappa shape index (κ1) is 66.3. The summed E-state index contributed by atoms with van der Waals surface area (Å²) in [7, 11) is 0. The molecule has 4 aliphatic heterocycles. The van der Waals surface area contributed by atoms with Gasteiger partial charge in [-0.05, 0) is 265 Å². The van der Waals surface area contributed by atoms with Crippen molar-refractivity contribution in [1.29, 1.82) is 0 Å². The Bertz CT molecular complexity index is 2970. The number of phenolic OH excluding ortho intramolecular Hbond substituents is 1. The summed E-state index contributed by atoms with van der Waals surface area (Å²) >= 11 is 9.13. The Labute approximate surface area is 525 Å². The molecule has 8 aromatic rings. The maximum absolute atomic E-state index is 11.0. The van der Waals surface area contributed by atoms with Gasteiger partial charge in [0, 0.05) is 92.0 Å². The van der Waals surface area contributed by atoms with Gasteiger partial charge in [0.05, 0.1) is 10.3 Å². The summed E-state index contributed by atoms with van der Waals surface area (Å²) in [5.74, 6) is 3.86. The van der Waals surface area contributed by atoms with Gasteiger partial charge in [-0.15, -0.1) is 24.0 Å². The van der Waals surface area contributed by atoms with E-state index in [0.717, 1.165) is 97.1 Å². The van der Waals surface area contributed by atoms with Crippen molar-refractivity contribution in [2.24, 2.45) is 0 Å². The van der Waals surface area contributed by atoms with Gasteiger partial charge in [-0.1, -0.05) is 25.7 Å². The lowest BCUT2D eigenvalue weighted by Gasteiger charge is -2.26. The predicted octanol–water partition coefficient (Wildman–Crippen LogP) is 14.9. The first-order chi connectivity index (χ1) is 41.4. The summed E-state index contributed by atoms with van der Waals surface area (Å²) in [4.78, 5) is 20.9. The third-order valence-electron chi connectivity index (χ3n) is 15.5. The molecule has 4 aliphatic rings. The SMILES string of the molecule is Brc1cccn1-c1ccc(OCCN2CCCCC2)cc1.Cl.ClCCN1CCCCC1.O=Cc1cccn1-c1ccc(OCCN2CCCCC2)cc1.Oc1ccc(-n2cccc2)cc1.c1ccn(-c2ccc(OCCN3CCCCC3)cc2)c1. The van der Waals surface area contributed by atoms with Crippen molar-refractivity contribution in [3.63, 3.8) is 0 Å². The van der Waals surface area contributed by atoms with E-state index < -0.39 is 0 Å². The number of likely N-dealkylation sites (tertiary alicyclic amines) is 4. The fourth-order valence-electron chi connectivity index (χ4n) is 10.8. The molecule has 4 aromatic heterocycles. The molecule has 4 aromatic carbocycles. The number of ether oxygens (including phenoxy) is 3. The number of rotatable bonds is 19. The fraction of sp³-hybridized carbons (Fsp3) is 0.406. The van der Waals surface area contributed by atoms with Gasteiger partial charge in [-0.3, -0.25) is 19.5 Å². The summed E-state index contributed by atoms with van der Waals surface area (Å²) in [5, 5.41) is 9.04. The van der Waals surface area contributed by atoms with Crippen LogP contribution >= 0.6 is 39.9 Å². The van der Waals surface area contributed by atoms with E-state index in [1.807, 2.05) is 149 Å². The zero-order chi connectivity index (χ0) is 58.2. The fourth-order valence-corrected chi connectivity index (χ4v) is 11.5. The first-order valence-electron chi connectivity index (χ1n) is 30.6. The number of halogens is 3. The minimum atomic E-state index is 0. The van der Waals surface area contributed by atoms with Crippen molar-refractivity contribution < 1.29 is 24.1 Å². The van der Waals surface area contributed by atoms with Crippen LogP contribution in [0.5, 0.6) is 23.0 Å². The van der Waals surface area contributed by atoms with Crippen LogP contribution in [-0.2, 0) is 0 Å². The van der Waals surface area contributed by atoms with E-state index in [1.165, 1.54) is 135 Å². The number of aromatic nitrogens is 4. The van der Waals surface area contributed by atoms with Crippen molar-refractivity contribution in [3.8, 4) is 45.7 Å². The monoisotopic (exact) mass is 1260 g/mol. The Balaban J connectivity index is 0.000000156. The smallest absolute Gasteiger partial charge is 0.166 e. The van der Waals surface area contributed by atoms with Gasteiger partial charge in [0.1, 0.15) is 42.8 Å². The Morgan fingerprint density at radius 3 is 1.08 bits per heavy atom. The molecule has 0 amide bonds. The summed E-state index contributed by atoms with van der Waals surface area (Å²) in [6.07, 6.45) is 29.1. The van der Waals surface area contributed by atoms with Crippen molar-refractivity contribution in [3.05, 3.63) is 193 Å². The number of carbonyl (C=O) groups is 1. The maximum atomic E-state index is 11.0. The number of aromatic hydroxyl groups is 1. The molecular weight excluding hydrogens is 1170 g/mol. The average molecular weight is 1260 g/mol. The van der Waals surface area contributed by atoms with Crippen LogP contribution in [0, 0.1) is 0 Å². The van der Waals surface area contributed by atoms with Gasteiger partial charge in [-0.25, -0.2) is 0 Å². The van der Waals surface area contributed by atoms with Crippen molar-refractivity contribution in [2.75, 3.05) is 104 Å². The van der Waals surface area contributed by atoms with E-state index in [1.54, 1.807) is 18.2 Å². The molecule has 0 aliphatic carbocycles. The van der Waals surface area contributed by atoms with Crippen LogP contribution in [0.1, 0.15) is 87.5 Å². The Hall–Kier alpha value is -6.23. The van der Waals surface area contributed by atoms with Crippen LogP contribution in [-0.4, -0.2) is 153 Å². The Morgan fingerprint density at radius 2 is 0.729 bits per heavy atom. The van der Waals surface area contributed by atoms with E-state index in [0.29, 0.717) is 11.4 Å². The molecule has 4 fully saturated rings. The maximum Gasteiger partial charge on any atom is 0.166 e. The number of alkyl halides is 1. The second kappa shape index (κ2) is 38.0. The van der Waals surface area contributed by atoms with Crippen LogP contribution < -0.4 is 14.2 Å². The first-order valence-corrected chi connectivity index (χ1v) is 31.9. The van der Waals surface area contributed by atoms with Gasteiger partial charge in [0.2, 0.25) is 0 Å². The summed E-state index contributed by atoms with van der Waals surface area (Å²) in [6, 6.07) is 47.2. The molecule has 1 N–H and O–H groups in total. The summed E-state index contributed by atoms with van der Waals surface area (Å²) < 4.78 is 26.6. The van der Waals surface area contributed by atoms with E-state index >= 15 is 0 Å². The zero-order valence-electron chi connectivity index (χ0n) is 49.5. The molecule has 8 heterocycles. The van der Waals surface area contributed by atoms with Gasteiger partial charge >= 0.3 is 0 Å². The standard InChI is InChI=1S/C18H22N2O2.C17H21BrN2O.C17H22N2O.C10H9NO.C7H14ClN.ClH/c21-15-17-5-4-12-20(17)16-6-8-18(9-7-16)22-14-13-19-10-2-1-3-11-19;18-17-5-4-12-20(17)15-6-8-16(9-7-15)21-14-13-19-10-2-1-3-11-19;1-2-10-18(11-3-1)14-15-20-17-8-6-16(7-9-17)19-12-4-5-13-19;12-10-5-3-9(4-6-10)11-7-1-2-8-11;8-4-7-9-5-2-1-3-6-9;/h4-9,12,15H,1-3,10-11,13-14H2;4-9,12H,1-3,10-11,13-14H2;4-9,12-13H,1-3,10-11,14-15H2;1-8,12H;1-7H2;1H. The van der Waals surface area contributed by atoms with E-state index in [4.69, 9.17) is 30.9 Å². The molecule has 0 spiro atoms. The molecule has 0 bridgehead atoms. The molecule has 85 heavy (non-hydrogen) atoms. The van der Waals surface area contributed by atoms with Crippen LogP contribution in [0.25, 0.3) is 22.7 Å². The second-order valence-corrected chi connectivity index (χ2v) is 22.8. The third-order valence-corrected chi connectivity index (χ3v) is 16.4. The Morgan fingerprint density at radius 1 is 0.400 bits per heavy atom. The topological polar surface area (TPSA) is 97.7 Å². The highest BCUT2D eigenvalue weighted by molar-refractivity contribution is 9.10. The number of carbonyl (C=O) groups excluding carboxylic acids is 1. The highest BCUT2D eigenvalue weighted by atomic mass is 79.9. The molecule has 456 valence electrons. The number of benzene rings is 4. The lowest BCUT2D eigenvalue weighted by molar-refractivity contribution is 0.111. The molecular formula is C69H89BrCl2N8O5. The lowest BCUT2D eigenvalue weighted by atomic mass is 10.1. The summed E-state index contributed by atoms with van der Waals surface area (Å²) in [5.41, 5.74) is 4.97. The molecule has 0 saturated carbocycles. The number of piperidine rings is 4. The normalized spacial score (nSPS) is 15.6. The van der Waals surface area contributed by atoms with Crippen LogP contribution in [0.3, 0.4) is 0 Å². The molecule has 0 atom stereocenters. The number of nitrogens with zero attached hydrogens (tertiary/aromatic N) is 8. The van der Waals surface area contributed by atoms with Crippen LogP contribution in [0.4, 0.5) is 0 Å². The Kier molecular flexibility index (Phi) is 29.7. The number of phenols is 1. The van der Waals surface area contributed by atoms with Gasteiger partial charge in [0.15, 0.2) is 6.29 Å². The van der Waals surface area contributed by atoms with Gasteiger partial charge < -0.3 is 42.5 Å². The minimum absolute atomic E-state index is 0. The number of hydrogen-bond acceptors (Lipinski definition) is 9. The highest BCUT2D eigenvalue weighted by Crippen LogP contribution is 2.22. The molecule has 16 heteroatoms. The van der Waals surface area contributed by atoms with E-state index in [9.17, 15) is 4.79 Å². The molecule has 13 nitrogen and oxygen atoms in total. The van der Waals surface area contributed by atoms with Crippen LogP contribution in [0.2, 0.25) is 0 Å². The van der Waals surface area contributed by atoms with E-state index in [2.05, 4.69) is 68.9 Å². The van der Waals surface area contributed by atoms with Gasteiger partial charge in [-0.2, -0.15) is 0 Å². The molecule has 4 saturated heterocycles. The lowest BCUT2D eigenvalue weighted by Crippen LogP contribution is -2.33. The molecule has 12 rings (SSSR count). The zero-order valence-corrected chi connectivity index (χ0v) is 52.7. The predicted molar refractivity (Wildman–Crippen MR) is 353 cm³/mol. The average Bonchev–Trinajstić information content (AvgIpc) is 4.58. The van der Waals surface area contributed by atoms with Gasteiger partial charge in [0.25, 0.3) is 0 Å².